The first-order chi connectivity index (χ1) is 7.79. The van der Waals surface area contributed by atoms with E-state index in [0.717, 1.165) is 24.3 Å². The Morgan fingerprint density at radius 1 is 1.50 bits per heavy atom. The molecule has 88 valence electrons. The van der Waals surface area contributed by atoms with Crippen LogP contribution in [0.1, 0.15) is 11.1 Å². The summed E-state index contributed by atoms with van der Waals surface area (Å²) in [4.78, 5) is 0. The number of nitrogens with two attached hydrogens (primary N) is 1. The monoisotopic (exact) mass is 223 g/mol. The highest BCUT2D eigenvalue weighted by atomic mass is 16.5. The molecule has 0 saturated carbocycles. The molecule has 0 radical (unpaired) electrons. The van der Waals surface area contributed by atoms with Gasteiger partial charge in [-0.2, -0.15) is 0 Å². The van der Waals surface area contributed by atoms with Crippen LogP contribution in [0.4, 0.5) is 0 Å². The van der Waals surface area contributed by atoms with Gasteiger partial charge >= 0.3 is 0 Å². The molecule has 16 heavy (non-hydrogen) atoms. The van der Waals surface area contributed by atoms with E-state index in [0.29, 0.717) is 6.61 Å². The number of aliphatic hydroxyl groups excluding tert-OH is 1. The zero-order valence-electron chi connectivity index (χ0n) is 9.19. The molecule has 0 saturated heterocycles. The highest BCUT2D eigenvalue weighted by Crippen LogP contribution is 2.25. The molecule has 0 fully saturated rings. The van der Waals surface area contributed by atoms with Crippen LogP contribution in [0.3, 0.4) is 0 Å². The van der Waals surface area contributed by atoms with Gasteiger partial charge in [0, 0.05) is 13.0 Å². The lowest BCUT2D eigenvalue weighted by atomic mass is 10.1. The molecule has 0 aliphatic carbocycles. The molecule has 1 heterocycles. The van der Waals surface area contributed by atoms with Gasteiger partial charge in [-0.25, -0.2) is 0 Å². The summed E-state index contributed by atoms with van der Waals surface area (Å²) >= 11 is 0. The molecule has 1 atom stereocenters. The molecule has 0 amide bonds. The molecule has 2 rings (SSSR count). The Morgan fingerprint density at radius 3 is 3.19 bits per heavy atom. The second kappa shape index (κ2) is 5.30. The van der Waals surface area contributed by atoms with Gasteiger partial charge in [0.05, 0.1) is 25.9 Å². The minimum Gasteiger partial charge on any atom is -0.493 e. The molecule has 3 N–H and O–H groups in total. The normalized spacial score (nSPS) is 15.6. The van der Waals surface area contributed by atoms with Crippen molar-refractivity contribution in [3.63, 3.8) is 0 Å². The van der Waals surface area contributed by atoms with Gasteiger partial charge in [0.25, 0.3) is 0 Å². The lowest BCUT2D eigenvalue weighted by molar-refractivity contribution is 0.0329. The fourth-order valence-electron chi connectivity index (χ4n) is 1.71. The number of hydrogen-bond donors (Lipinski definition) is 2. The fourth-order valence-corrected chi connectivity index (χ4v) is 1.71. The van der Waals surface area contributed by atoms with Crippen LogP contribution in [0.15, 0.2) is 18.2 Å². The van der Waals surface area contributed by atoms with Crippen LogP contribution in [0.25, 0.3) is 0 Å². The average molecular weight is 223 g/mol. The van der Waals surface area contributed by atoms with Crippen LogP contribution < -0.4 is 10.5 Å². The lowest BCUT2D eigenvalue weighted by Gasteiger charge is -2.09. The summed E-state index contributed by atoms with van der Waals surface area (Å²) in [6.07, 6.45) is 0.395. The van der Waals surface area contributed by atoms with Gasteiger partial charge in [0.1, 0.15) is 5.75 Å². The smallest absolute Gasteiger partial charge is 0.122 e. The Bertz CT molecular complexity index is 354. The number of ether oxygens (including phenoxy) is 2. The Kier molecular flexibility index (Phi) is 3.77. The SMILES string of the molecule is NC[C@@H](O)COCc1ccc2c(c1)CCO2. The Morgan fingerprint density at radius 2 is 2.38 bits per heavy atom. The van der Waals surface area contributed by atoms with Gasteiger partial charge in [-0.3, -0.25) is 0 Å². The maximum absolute atomic E-state index is 9.22. The highest BCUT2D eigenvalue weighted by Gasteiger charge is 2.11. The van der Waals surface area contributed by atoms with Crippen LogP contribution in [0.2, 0.25) is 0 Å². The third kappa shape index (κ3) is 2.72. The topological polar surface area (TPSA) is 64.7 Å². The highest BCUT2D eigenvalue weighted by molar-refractivity contribution is 5.39. The summed E-state index contributed by atoms with van der Waals surface area (Å²) in [5.41, 5.74) is 7.62. The first-order valence-electron chi connectivity index (χ1n) is 5.50. The molecular weight excluding hydrogens is 206 g/mol. The molecule has 1 aromatic rings. The van der Waals surface area contributed by atoms with Crippen molar-refractivity contribution in [3.05, 3.63) is 29.3 Å². The van der Waals surface area contributed by atoms with Crippen molar-refractivity contribution in [1.29, 1.82) is 0 Å². The van der Waals surface area contributed by atoms with E-state index in [1.165, 1.54) is 5.56 Å². The van der Waals surface area contributed by atoms with Gasteiger partial charge in [0.2, 0.25) is 0 Å². The van der Waals surface area contributed by atoms with Crippen molar-refractivity contribution in [2.24, 2.45) is 5.73 Å². The van der Waals surface area contributed by atoms with Gasteiger partial charge in [-0.05, 0) is 23.3 Å². The number of fused-ring (bicyclic) bond motifs is 1. The van der Waals surface area contributed by atoms with E-state index in [9.17, 15) is 5.11 Å². The van der Waals surface area contributed by atoms with Crippen LogP contribution in [0, 0.1) is 0 Å². The van der Waals surface area contributed by atoms with Gasteiger partial charge in [0.15, 0.2) is 0 Å². The van der Waals surface area contributed by atoms with Crippen molar-refractivity contribution in [2.75, 3.05) is 19.8 Å². The zero-order valence-corrected chi connectivity index (χ0v) is 9.19. The predicted octanol–water partition coefficient (Wildman–Crippen LogP) is 0.458. The quantitative estimate of drug-likeness (QED) is 0.761. The lowest BCUT2D eigenvalue weighted by Crippen LogP contribution is -2.24. The van der Waals surface area contributed by atoms with E-state index in [1.807, 2.05) is 12.1 Å². The summed E-state index contributed by atoms with van der Waals surface area (Å²) in [5.74, 6) is 0.978. The minimum atomic E-state index is -0.572. The predicted molar refractivity (Wildman–Crippen MR) is 60.4 cm³/mol. The van der Waals surface area contributed by atoms with Crippen molar-refractivity contribution in [1.82, 2.24) is 0 Å². The standard InChI is InChI=1S/C12H17NO3/c13-6-11(14)8-15-7-9-1-2-12-10(5-9)3-4-16-12/h1-2,5,11,14H,3-4,6-8,13H2/t11-/m1/s1. The number of aliphatic hydroxyl groups is 1. The van der Waals surface area contributed by atoms with Crippen molar-refractivity contribution >= 4 is 0 Å². The maximum atomic E-state index is 9.22. The fraction of sp³-hybridized carbons (Fsp3) is 0.500. The third-order valence-corrected chi connectivity index (χ3v) is 2.60. The van der Waals surface area contributed by atoms with Crippen LogP contribution in [0.5, 0.6) is 5.75 Å². The molecule has 1 aromatic carbocycles. The van der Waals surface area contributed by atoms with Crippen LogP contribution in [-0.4, -0.2) is 31.0 Å². The van der Waals surface area contributed by atoms with E-state index in [2.05, 4.69) is 6.07 Å². The molecule has 1 aliphatic rings. The van der Waals surface area contributed by atoms with Gasteiger partial charge < -0.3 is 20.3 Å². The Hall–Kier alpha value is -1.10. The van der Waals surface area contributed by atoms with E-state index >= 15 is 0 Å². The molecule has 1 aliphatic heterocycles. The van der Waals surface area contributed by atoms with E-state index < -0.39 is 6.10 Å². The van der Waals surface area contributed by atoms with Gasteiger partial charge in [-0.15, -0.1) is 0 Å². The summed E-state index contributed by atoms with van der Waals surface area (Å²) in [6, 6.07) is 6.05. The zero-order chi connectivity index (χ0) is 11.4. The molecule has 4 heteroatoms. The number of benzene rings is 1. The van der Waals surface area contributed by atoms with Crippen LogP contribution >= 0.6 is 0 Å². The second-order valence-corrected chi connectivity index (χ2v) is 3.95. The number of hydrogen-bond acceptors (Lipinski definition) is 4. The summed E-state index contributed by atoms with van der Waals surface area (Å²) in [6.45, 7) is 1.79. The molecule has 0 unspecified atom stereocenters. The van der Waals surface area contributed by atoms with E-state index in [-0.39, 0.29) is 13.2 Å². The second-order valence-electron chi connectivity index (χ2n) is 3.95. The number of rotatable bonds is 5. The summed E-state index contributed by atoms with van der Waals surface area (Å²) in [7, 11) is 0. The molecular formula is C12H17NO3. The average Bonchev–Trinajstić information content (AvgIpc) is 2.76. The Balaban J connectivity index is 1.86. The van der Waals surface area contributed by atoms with Crippen molar-refractivity contribution < 1.29 is 14.6 Å². The summed E-state index contributed by atoms with van der Waals surface area (Å²) < 4.78 is 10.8. The van der Waals surface area contributed by atoms with E-state index in [1.54, 1.807) is 0 Å². The molecule has 0 aromatic heterocycles. The molecule has 0 bridgehead atoms. The Labute approximate surface area is 95.0 Å². The maximum Gasteiger partial charge on any atom is 0.122 e. The van der Waals surface area contributed by atoms with Crippen molar-refractivity contribution in [3.8, 4) is 5.75 Å². The summed E-state index contributed by atoms with van der Waals surface area (Å²) in [5, 5.41) is 9.22. The largest absolute Gasteiger partial charge is 0.493 e. The molecule has 0 spiro atoms. The van der Waals surface area contributed by atoms with E-state index in [4.69, 9.17) is 15.2 Å². The van der Waals surface area contributed by atoms with Gasteiger partial charge in [-0.1, -0.05) is 6.07 Å². The first kappa shape index (κ1) is 11.4. The minimum absolute atomic E-state index is 0.234. The molecule has 4 nitrogen and oxygen atoms in total. The third-order valence-electron chi connectivity index (χ3n) is 2.60. The first-order valence-corrected chi connectivity index (χ1v) is 5.50. The van der Waals surface area contributed by atoms with Crippen LogP contribution in [-0.2, 0) is 17.8 Å². The van der Waals surface area contributed by atoms with Crippen molar-refractivity contribution in [2.45, 2.75) is 19.1 Å².